The summed E-state index contributed by atoms with van der Waals surface area (Å²) in [5.41, 5.74) is 0. The van der Waals surface area contributed by atoms with Gasteiger partial charge >= 0.3 is 0 Å². The Kier molecular flexibility index (Phi) is 10.6. The largest absolute Gasteiger partial charge is 0.393 e. The van der Waals surface area contributed by atoms with Gasteiger partial charge in [0.15, 0.2) is 0 Å². The number of hydrogen-bond donors (Lipinski definition) is 1. The lowest BCUT2D eigenvalue weighted by molar-refractivity contribution is 0.0300. The smallest absolute Gasteiger partial charge is 0.0586 e. The lowest BCUT2D eigenvalue weighted by atomic mass is 9.97. The fraction of sp³-hybridized carbons (Fsp3) is 1.00. The molecule has 2 heteroatoms. The van der Waals surface area contributed by atoms with E-state index >= 15 is 0 Å². The van der Waals surface area contributed by atoms with E-state index in [9.17, 15) is 5.11 Å². The highest BCUT2D eigenvalue weighted by atomic mass is 16.5. The number of hydrogen-bond acceptors (Lipinski definition) is 2. The van der Waals surface area contributed by atoms with Crippen LogP contribution in [0, 0.1) is 11.8 Å². The fourth-order valence-corrected chi connectivity index (χ4v) is 1.31. The van der Waals surface area contributed by atoms with Crippen LogP contribution >= 0.6 is 0 Å². The standard InChI is InChI=1S/C7H16O.C6H14O/c1-5(2)7(8)6(3)4;1-5(2)7-6(3)4/h5-8H,1-4H3;5-6H,1-4H3. The van der Waals surface area contributed by atoms with Crippen molar-refractivity contribution in [3.63, 3.8) is 0 Å². The predicted molar refractivity (Wildman–Crippen MR) is 67.0 cm³/mol. The third kappa shape index (κ3) is 13.9. The average Bonchev–Trinajstić information content (AvgIpc) is 2.00. The molecule has 0 aliphatic carbocycles. The summed E-state index contributed by atoms with van der Waals surface area (Å²) in [6.07, 6.45) is 0.620. The van der Waals surface area contributed by atoms with Crippen molar-refractivity contribution >= 4 is 0 Å². The minimum Gasteiger partial charge on any atom is -0.393 e. The van der Waals surface area contributed by atoms with E-state index in [0.717, 1.165) is 0 Å². The van der Waals surface area contributed by atoms with Gasteiger partial charge in [0, 0.05) is 0 Å². The molecule has 94 valence electrons. The van der Waals surface area contributed by atoms with Gasteiger partial charge in [-0.1, -0.05) is 27.7 Å². The van der Waals surface area contributed by atoms with Crippen LogP contribution in [0.15, 0.2) is 0 Å². The van der Waals surface area contributed by atoms with E-state index in [-0.39, 0.29) is 6.10 Å². The van der Waals surface area contributed by atoms with Gasteiger partial charge < -0.3 is 9.84 Å². The van der Waals surface area contributed by atoms with Gasteiger partial charge in [-0.05, 0) is 39.5 Å². The van der Waals surface area contributed by atoms with Crippen LogP contribution in [0.5, 0.6) is 0 Å². The van der Waals surface area contributed by atoms with E-state index in [1.807, 2.05) is 55.4 Å². The topological polar surface area (TPSA) is 29.5 Å². The van der Waals surface area contributed by atoms with Crippen LogP contribution < -0.4 is 0 Å². The summed E-state index contributed by atoms with van der Waals surface area (Å²) in [5.74, 6) is 0.796. The molecule has 0 rings (SSSR count). The van der Waals surface area contributed by atoms with Crippen LogP contribution in [-0.2, 0) is 4.74 Å². The summed E-state index contributed by atoms with van der Waals surface area (Å²) >= 11 is 0. The molecule has 0 saturated carbocycles. The molecule has 0 aromatic heterocycles. The Hall–Kier alpha value is -0.0800. The SMILES string of the molecule is CC(C)C(O)C(C)C.CC(C)OC(C)C. The Balaban J connectivity index is 0. The lowest BCUT2D eigenvalue weighted by Gasteiger charge is -2.17. The zero-order valence-corrected chi connectivity index (χ0v) is 11.7. The van der Waals surface area contributed by atoms with E-state index in [0.29, 0.717) is 24.0 Å². The van der Waals surface area contributed by atoms with Gasteiger partial charge in [0.1, 0.15) is 0 Å². The second-order valence-corrected chi connectivity index (χ2v) is 5.21. The maximum atomic E-state index is 9.20. The van der Waals surface area contributed by atoms with E-state index in [4.69, 9.17) is 4.74 Å². The number of rotatable bonds is 4. The molecule has 0 fully saturated rings. The Morgan fingerprint density at radius 3 is 0.933 bits per heavy atom. The van der Waals surface area contributed by atoms with Crippen molar-refractivity contribution in [1.82, 2.24) is 0 Å². The fourth-order valence-electron chi connectivity index (χ4n) is 1.31. The molecule has 0 heterocycles. The second-order valence-electron chi connectivity index (χ2n) is 5.21. The minimum atomic E-state index is -0.130. The zero-order chi connectivity index (χ0) is 12.6. The molecule has 0 atom stereocenters. The van der Waals surface area contributed by atoms with Gasteiger partial charge in [0.25, 0.3) is 0 Å². The van der Waals surface area contributed by atoms with Gasteiger partial charge in [-0.3, -0.25) is 0 Å². The van der Waals surface area contributed by atoms with Gasteiger partial charge in [-0.2, -0.15) is 0 Å². The maximum Gasteiger partial charge on any atom is 0.0586 e. The summed E-state index contributed by atoms with van der Waals surface area (Å²) in [4.78, 5) is 0. The molecular weight excluding hydrogens is 188 g/mol. The number of aliphatic hydroxyl groups is 1. The van der Waals surface area contributed by atoms with Crippen LogP contribution in [0.1, 0.15) is 55.4 Å². The van der Waals surface area contributed by atoms with E-state index in [1.165, 1.54) is 0 Å². The first-order chi connectivity index (χ1) is 6.68. The molecule has 0 aliphatic rings. The summed E-state index contributed by atoms with van der Waals surface area (Å²) in [5, 5.41) is 9.20. The molecule has 1 N–H and O–H groups in total. The molecule has 15 heavy (non-hydrogen) atoms. The molecule has 0 saturated heterocycles. The minimum absolute atomic E-state index is 0.130. The Labute approximate surface area is 96.0 Å². The molecule has 0 bridgehead atoms. The molecule has 0 amide bonds. The Morgan fingerprint density at radius 1 is 0.667 bits per heavy atom. The second kappa shape index (κ2) is 9.17. The maximum absolute atomic E-state index is 9.20. The third-order valence-electron chi connectivity index (χ3n) is 1.91. The van der Waals surface area contributed by atoms with Crippen LogP contribution in [0.2, 0.25) is 0 Å². The quantitative estimate of drug-likeness (QED) is 0.783. The third-order valence-corrected chi connectivity index (χ3v) is 1.91. The van der Waals surface area contributed by atoms with Crippen LogP contribution in [0.25, 0.3) is 0 Å². The van der Waals surface area contributed by atoms with Gasteiger partial charge in [0.2, 0.25) is 0 Å². The highest BCUT2D eigenvalue weighted by molar-refractivity contribution is 4.62. The zero-order valence-electron chi connectivity index (χ0n) is 11.7. The predicted octanol–water partition coefficient (Wildman–Crippen LogP) is 3.48. The number of aliphatic hydroxyl groups excluding tert-OH is 1. The Bertz CT molecular complexity index is 114. The van der Waals surface area contributed by atoms with Crippen molar-refractivity contribution < 1.29 is 9.84 Å². The first kappa shape index (κ1) is 17.3. The van der Waals surface area contributed by atoms with Crippen molar-refractivity contribution in [3.8, 4) is 0 Å². The van der Waals surface area contributed by atoms with E-state index in [2.05, 4.69) is 0 Å². The van der Waals surface area contributed by atoms with Crippen molar-refractivity contribution in [3.05, 3.63) is 0 Å². The highest BCUT2D eigenvalue weighted by Crippen LogP contribution is 2.10. The highest BCUT2D eigenvalue weighted by Gasteiger charge is 2.11. The van der Waals surface area contributed by atoms with E-state index in [1.54, 1.807) is 0 Å². The normalized spacial score (nSPS) is 11.6. The van der Waals surface area contributed by atoms with Crippen LogP contribution in [0.4, 0.5) is 0 Å². The molecular formula is C13H30O2. The van der Waals surface area contributed by atoms with E-state index < -0.39 is 0 Å². The number of ether oxygens (including phenoxy) is 1. The van der Waals surface area contributed by atoms with Crippen molar-refractivity contribution in [2.75, 3.05) is 0 Å². The molecule has 0 aromatic carbocycles. The molecule has 0 radical (unpaired) electrons. The summed E-state index contributed by atoms with van der Waals surface area (Å²) in [6, 6.07) is 0. The van der Waals surface area contributed by atoms with Crippen molar-refractivity contribution in [1.29, 1.82) is 0 Å². The van der Waals surface area contributed by atoms with Crippen LogP contribution in [0.3, 0.4) is 0 Å². The first-order valence-corrected chi connectivity index (χ1v) is 6.02. The monoisotopic (exact) mass is 218 g/mol. The Morgan fingerprint density at radius 2 is 0.933 bits per heavy atom. The first-order valence-electron chi connectivity index (χ1n) is 6.02. The lowest BCUT2D eigenvalue weighted by Crippen LogP contribution is -2.20. The summed E-state index contributed by atoms with van der Waals surface area (Å²) in [7, 11) is 0. The van der Waals surface area contributed by atoms with Crippen LogP contribution in [-0.4, -0.2) is 23.4 Å². The summed E-state index contributed by atoms with van der Waals surface area (Å²) in [6.45, 7) is 16.3. The molecule has 0 unspecified atom stereocenters. The molecule has 0 aromatic rings. The van der Waals surface area contributed by atoms with Crippen molar-refractivity contribution in [2.45, 2.75) is 73.7 Å². The van der Waals surface area contributed by atoms with Gasteiger partial charge in [-0.25, -0.2) is 0 Å². The molecule has 0 aliphatic heterocycles. The summed E-state index contributed by atoms with van der Waals surface area (Å²) < 4.78 is 5.25. The molecule has 2 nitrogen and oxygen atoms in total. The van der Waals surface area contributed by atoms with Gasteiger partial charge in [0.05, 0.1) is 18.3 Å². The average molecular weight is 218 g/mol. The van der Waals surface area contributed by atoms with Crippen molar-refractivity contribution in [2.24, 2.45) is 11.8 Å². The van der Waals surface area contributed by atoms with Gasteiger partial charge in [-0.15, -0.1) is 0 Å². The molecule has 0 spiro atoms.